The number of pyridine rings is 1. The zero-order chi connectivity index (χ0) is 20.3. The highest BCUT2D eigenvalue weighted by Crippen LogP contribution is 2.31. The molecule has 0 aliphatic carbocycles. The number of halogens is 1. The van der Waals surface area contributed by atoms with E-state index in [1.807, 2.05) is 43.0 Å². The van der Waals surface area contributed by atoms with E-state index in [4.69, 9.17) is 0 Å². The number of aryl methyl sites for hydroxylation is 1. The predicted octanol–water partition coefficient (Wildman–Crippen LogP) is 5.61. The molecule has 0 aliphatic heterocycles. The number of aromatic nitrogens is 1. The van der Waals surface area contributed by atoms with Crippen LogP contribution >= 0.6 is 0 Å². The fourth-order valence-corrected chi connectivity index (χ4v) is 3.46. The highest BCUT2D eigenvalue weighted by Gasteiger charge is 2.20. The lowest BCUT2D eigenvalue weighted by Gasteiger charge is -2.22. The lowest BCUT2D eigenvalue weighted by molar-refractivity contribution is 0.0766. The molecule has 1 aromatic heterocycles. The standard InChI is InChI=1S/C23H26FN3O/c1-5-13-27(6-2)23(28)18-14-25-22(17-10-7-9-15(3)21(17)18)26-20-12-8-11-19(24)16(20)4/h7-12,14H,5-6,13H2,1-4H3,(H,25,26). The fourth-order valence-electron chi connectivity index (χ4n) is 3.46. The summed E-state index contributed by atoms with van der Waals surface area (Å²) < 4.78 is 13.9. The molecule has 1 amide bonds. The maximum atomic E-state index is 13.9. The average molecular weight is 379 g/mol. The molecule has 0 atom stereocenters. The van der Waals surface area contributed by atoms with E-state index < -0.39 is 0 Å². The summed E-state index contributed by atoms with van der Waals surface area (Å²) in [5.74, 6) is 0.336. The summed E-state index contributed by atoms with van der Waals surface area (Å²) in [4.78, 5) is 19.5. The molecule has 0 saturated carbocycles. The molecule has 28 heavy (non-hydrogen) atoms. The van der Waals surface area contributed by atoms with Gasteiger partial charge in [-0.25, -0.2) is 9.37 Å². The number of rotatable bonds is 6. The first-order valence-corrected chi connectivity index (χ1v) is 9.67. The average Bonchev–Trinajstić information content (AvgIpc) is 2.69. The fraction of sp³-hybridized carbons (Fsp3) is 0.304. The number of carbonyl (C=O) groups excluding carboxylic acids is 1. The third-order valence-corrected chi connectivity index (χ3v) is 5.03. The highest BCUT2D eigenvalue weighted by molar-refractivity contribution is 6.10. The van der Waals surface area contributed by atoms with Gasteiger partial charge in [-0.05, 0) is 44.9 Å². The van der Waals surface area contributed by atoms with E-state index in [0.29, 0.717) is 35.7 Å². The Morgan fingerprint density at radius 2 is 1.89 bits per heavy atom. The molecule has 0 unspecified atom stereocenters. The van der Waals surface area contributed by atoms with Crippen molar-refractivity contribution in [1.82, 2.24) is 9.88 Å². The molecule has 0 bridgehead atoms. The molecule has 0 aliphatic rings. The number of nitrogens with zero attached hydrogens (tertiary/aromatic N) is 2. The van der Waals surface area contributed by atoms with Gasteiger partial charge in [0.1, 0.15) is 11.6 Å². The second-order valence-corrected chi connectivity index (χ2v) is 6.94. The molecular weight excluding hydrogens is 353 g/mol. The smallest absolute Gasteiger partial charge is 0.256 e. The van der Waals surface area contributed by atoms with Gasteiger partial charge in [0.2, 0.25) is 0 Å². The van der Waals surface area contributed by atoms with Gasteiger partial charge >= 0.3 is 0 Å². The Hall–Kier alpha value is -2.95. The number of amides is 1. The van der Waals surface area contributed by atoms with Crippen LogP contribution in [0.4, 0.5) is 15.9 Å². The molecule has 1 N–H and O–H groups in total. The zero-order valence-corrected chi connectivity index (χ0v) is 16.8. The van der Waals surface area contributed by atoms with Crippen LogP contribution in [0.5, 0.6) is 0 Å². The first-order valence-electron chi connectivity index (χ1n) is 9.67. The Bertz CT molecular complexity index is 1020. The Morgan fingerprint density at radius 1 is 1.14 bits per heavy atom. The monoisotopic (exact) mass is 379 g/mol. The van der Waals surface area contributed by atoms with E-state index in [0.717, 1.165) is 22.8 Å². The van der Waals surface area contributed by atoms with Crippen molar-refractivity contribution >= 4 is 28.2 Å². The van der Waals surface area contributed by atoms with Crippen LogP contribution in [0.3, 0.4) is 0 Å². The summed E-state index contributed by atoms with van der Waals surface area (Å²) >= 11 is 0. The second-order valence-electron chi connectivity index (χ2n) is 6.94. The summed E-state index contributed by atoms with van der Waals surface area (Å²) in [6.07, 6.45) is 2.54. The first kappa shape index (κ1) is 19.8. The Morgan fingerprint density at radius 3 is 2.61 bits per heavy atom. The van der Waals surface area contributed by atoms with E-state index in [1.165, 1.54) is 6.07 Å². The Labute approximate surface area is 165 Å². The maximum Gasteiger partial charge on any atom is 0.256 e. The maximum absolute atomic E-state index is 13.9. The molecule has 5 heteroatoms. The van der Waals surface area contributed by atoms with Crippen LogP contribution < -0.4 is 5.32 Å². The molecule has 0 radical (unpaired) electrons. The summed E-state index contributed by atoms with van der Waals surface area (Å²) in [6.45, 7) is 9.14. The molecule has 1 heterocycles. The molecule has 0 fully saturated rings. The van der Waals surface area contributed by atoms with Gasteiger partial charge in [0.25, 0.3) is 5.91 Å². The molecular formula is C23H26FN3O. The van der Waals surface area contributed by atoms with Crippen LogP contribution in [0.2, 0.25) is 0 Å². The first-order chi connectivity index (χ1) is 13.5. The van der Waals surface area contributed by atoms with Crippen molar-refractivity contribution < 1.29 is 9.18 Å². The van der Waals surface area contributed by atoms with E-state index in [-0.39, 0.29) is 11.7 Å². The minimum Gasteiger partial charge on any atom is -0.339 e. The van der Waals surface area contributed by atoms with Crippen molar-refractivity contribution in [3.63, 3.8) is 0 Å². The molecule has 4 nitrogen and oxygen atoms in total. The Kier molecular flexibility index (Phi) is 5.93. The zero-order valence-electron chi connectivity index (χ0n) is 16.8. The quantitative estimate of drug-likeness (QED) is 0.606. The van der Waals surface area contributed by atoms with E-state index in [2.05, 4.69) is 17.2 Å². The van der Waals surface area contributed by atoms with Gasteiger partial charge in [-0.3, -0.25) is 4.79 Å². The number of anilines is 2. The topological polar surface area (TPSA) is 45.2 Å². The molecule has 3 rings (SSSR count). The van der Waals surface area contributed by atoms with Crippen LogP contribution in [0.25, 0.3) is 10.8 Å². The van der Waals surface area contributed by atoms with Gasteiger partial charge in [-0.2, -0.15) is 0 Å². The summed E-state index contributed by atoms with van der Waals surface area (Å²) in [7, 11) is 0. The highest BCUT2D eigenvalue weighted by atomic mass is 19.1. The number of fused-ring (bicyclic) bond motifs is 1. The van der Waals surface area contributed by atoms with Crippen molar-refractivity contribution in [3.05, 3.63) is 65.1 Å². The lowest BCUT2D eigenvalue weighted by atomic mass is 10.0. The summed E-state index contributed by atoms with van der Waals surface area (Å²) in [6, 6.07) is 10.8. The van der Waals surface area contributed by atoms with Crippen LogP contribution in [-0.4, -0.2) is 28.9 Å². The van der Waals surface area contributed by atoms with Gasteiger partial charge in [0.15, 0.2) is 0 Å². The normalized spacial score (nSPS) is 10.9. The van der Waals surface area contributed by atoms with Crippen LogP contribution in [0.1, 0.15) is 41.8 Å². The minimum absolute atomic E-state index is 0.00960. The van der Waals surface area contributed by atoms with Crippen LogP contribution in [-0.2, 0) is 0 Å². The largest absolute Gasteiger partial charge is 0.339 e. The van der Waals surface area contributed by atoms with Crippen molar-refractivity contribution in [1.29, 1.82) is 0 Å². The summed E-state index contributed by atoms with van der Waals surface area (Å²) in [5, 5.41) is 4.97. The summed E-state index contributed by atoms with van der Waals surface area (Å²) in [5.41, 5.74) is 2.81. The van der Waals surface area contributed by atoms with Gasteiger partial charge in [0.05, 0.1) is 5.56 Å². The van der Waals surface area contributed by atoms with Gasteiger partial charge in [-0.1, -0.05) is 31.2 Å². The number of benzene rings is 2. The second kappa shape index (κ2) is 8.38. The van der Waals surface area contributed by atoms with E-state index in [1.54, 1.807) is 19.2 Å². The lowest BCUT2D eigenvalue weighted by Crippen LogP contribution is -2.31. The SMILES string of the molecule is CCCN(CC)C(=O)c1cnc(Nc2cccc(F)c2C)c2cccc(C)c12. The number of hydrogen-bond acceptors (Lipinski definition) is 3. The van der Waals surface area contributed by atoms with Gasteiger partial charge in [0, 0.05) is 41.3 Å². The Balaban J connectivity index is 2.12. The number of carbonyl (C=O) groups is 1. The van der Waals surface area contributed by atoms with E-state index >= 15 is 0 Å². The molecule has 146 valence electrons. The third-order valence-electron chi connectivity index (χ3n) is 5.03. The molecule has 2 aromatic carbocycles. The molecule has 0 saturated heterocycles. The van der Waals surface area contributed by atoms with E-state index in [9.17, 15) is 9.18 Å². The van der Waals surface area contributed by atoms with Crippen LogP contribution in [0, 0.1) is 19.7 Å². The van der Waals surface area contributed by atoms with Crippen molar-refractivity contribution in [3.8, 4) is 0 Å². The minimum atomic E-state index is -0.268. The predicted molar refractivity (Wildman–Crippen MR) is 113 cm³/mol. The number of hydrogen-bond donors (Lipinski definition) is 1. The number of nitrogens with one attached hydrogen (secondary N) is 1. The van der Waals surface area contributed by atoms with Gasteiger partial charge in [-0.15, -0.1) is 0 Å². The third kappa shape index (κ3) is 3.70. The molecule has 3 aromatic rings. The van der Waals surface area contributed by atoms with Crippen molar-refractivity contribution in [2.45, 2.75) is 34.1 Å². The van der Waals surface area contributed by atoms with Crippen LogP contribution in [0.15, 0.2) is 42.6 Å². The van der Waals surface area contributed by atoms with Crippen molar-refractivity contribution in [2.24, 2.45) is 0 Å². The van der Waals surface area contributed by atoms with Gasteiger partial charge < -0.3 is 10.2 Å². The van der Waals surface area contributed by atoms with Crippen molar-refractivity contribution in [2.75, 3.05) is 18.4 Å². The molecule has 0 spiro atoms.